The number of hydrogen-bond donors (Lipinski definition) is 0. The van der Waals surface area contributed by atoms with Gasteiger partial charge in [-0.2, -0.15) is 5.06 Å². The van der Waals surface area contributed by atoms with Crippen LogP contribution in [-0.4, -0.2) is 30.0 Å². The van der Waals surface area contributed by atoms with E-state index in [0.29, 0.717) is 5.69 Å². The van der Waals surface area contributed by atoms with Crippen LogP contribution in [0.3, 0.4) is 0 Å². The van der Waals surface area contributed by atoms with E-state index in [-0.39, 0.29) is 17.9 Å². The number of hydrogen-bond acceptors (Lipinski definition) is 5. The van der Waals surface area contributed by atoms with Crippen LogP contribution in [0.4, 0.5) is 5.69 Å². The Balaban J connectivity index is 1.49. The van der Waals surface area contributed by atoms with Gasteiger partial charge in [-0.1, -0.05) is 48.5 Å². The lowest BCUT2D eigenvalue weighted by molar-refractivity contribution is -0.160. The van der Waals surface area contributed by atoms with Gasteiger partial charge in [0, 0.05) is 11.9 Å². The number of benzene rings is 2. The molecular weight excluding hydrogens is 372 g/mol. The van der Waals surface area contributed by atoms with Gasteiger partial charge in [0.2, 0.25) is 5.91 Å². The van der Waals surface area contributed by atoms with Gasteiger partial charge in [-0.3, -0.25) is 14.4 Å². The number of para-hydroxylation sites is 1. The number of anilines is 1. The van der Waals surface area contributed by atoms with Gasteiger partial charge in [0.05, 0.1) is 17.6 Å². The molecule has 3 aromatic rings. The molecule has 6 heteroatoms. The monoisotopic (exact) mass is 390 g/mol. The summed E-state index contributed by atoms with van der Waals surface area (Å²) >= 11 is 1.59. The molecule has 0 spiro atoms. The molecule has 140 valence electrons. The minimum Gasteiger partial charge on any atom is -0.284 e. The lowest BCUT2D eigenvalue weighted by Crippen LogP contribution is -2.36. The number of amides is 2. The van der Waals surface area contributed by atoms with Crippen molar-refractivity contribution < 1.29 is 14.4 Å². The summed E-state index contributed by atoms with van der Waals surface area (Å²) in [6, 6.07) is 21.0. The van der Waals surface area contributed by atoms with Gasteiger partial charge in [0.25, 0.3) is 5.91 Å². The highest BCUT2D eigenvalue weighted by Gasteiger charge is 2.59. The Bertz CT molecular complexity index is 1030. The first-order valence-corrected chi connectivity index (χ1v) is 9.99. The highest BCUT2D eigenvalue weighted by Crippen LogP contribution is 2.47. The van der Waals surface area contributed by atoms with Gasteiger partial charge in [0.15, 0.2) is 6.10 Å². The summed E-state index contributed by atoms with van der Waals surface area (Å²) in [6.07, 6.45) is -0.773. The molecule has 0 aliphatic carbocycles. The van der Waals surface area contributed by atoms with E-state index in [9.17, 15) is 9.59 Å². The van der Waals surface area contributed by atoms with E-state index in [0.717, 1.165) is 16.0 Å². The number of carbonyl (C=O) groups excluding carboxylic acids is 2. The molecule has 2 saturated heterocycles. The maximum atomic E-state index is 13.2. The first-order chi connectivity index (χ1) is 13.6. The summed E-state index contributed by atoms with van der Waals surface area (Å²) in [5.74, 6) is -1.04. The van der Waals surface area contributed by atoms with Crippen LogP contribution in [0.25, 0.3) is 11.1 Å². The number of thiophene rings is 1. The second-order valence-corrected chi connectivity index (χ2v) is 7.94. The number of imide groups is 1. The average molecular weight is 390 g/mol. The van der Waals surface area contributed by atoms with Crippen molar-refractivity contribution in [2.75, 3.05) is 11.9 Å². The van der Waals surface area contributed by atoms with Crippen molar-refractivity contribution in [3.05, 3.63) is 77.0 Å². The van der Waals surface area contributed by atoms with Gasteiger partial charge in [-0.05, 0) is 34.7 Å². The highest BCUT2D eigenvalue weighted by molar-refractivity contribution is 7.10. The Morgan fingerprint density at radius 2 is 1.57 bits per heavy atom. The quantitative estimate of drug-likeness (QED) is 0.637. The molecule has 2 aliphatic rings. The van der Waals surface area contributed by atoms with Gasteiger partial charge in [0.1, 0.15) is 0 Å². The second-order valence-electron chi connectivity index (χ2n) is 6.99. The fraction of sp³-hybridized carbons (Fsp3) is 0.182. The minimum absolute atomic E-state index is 0.204. The number of fused-ring (bicyclic) bond motifs is 1. The normalized spacial score (nSPS) is 24.8. The van der Waals surface area contributed by atoms with E-state index < -0.39 is 12.0 Å². The summed E-state index contributed by atoms with van der Waals surface area (Å²) in [6.45, 7) is 0. The number of hydroxylamine groups is 2. The molecular formula is C22H18N2O3S. The molecule has 0 unspecified atom stereocenters. The van der Waals surface area contributed by atoms with Crippen LogP contribution in [0.5, 0.6) is 0 Å². The molecule has 2 fully saturated rings. The molecule has 3 heterocycles. The van der Waals surface area contributed by atoms with Crippen LogP contribution in [0.15, 0.2) is 72.1 Å². The Morgan fingerprint density at radius 1 is 0.893 bits per heavy atom. The van der Waals surface area contributed by atoms with Gasteiger partial charge < -0.3 is 0 Å². The zero-order valence-corrected chi connectivity index (χ0v) is 16.0. The first-order valence-electron chi connectivity index (χ1n) is 9.11. The van der Waals surface area contributed by atoms with Crippen molar-refractivity contribution in [3.63, 3.8) is 0 Å². The molecule has 0 N–H and O–H groups in total. The summed E-state index contributed by atoms with van der Waals surface area (Å²) < 4.78 is 0. The van der Waals surface area contributed by atoms with E-state index in [1.54, 1.807) is 35.6 Å². The predicted molar refractivity (Wildman–Crippen MR) is 108 cm³/mol. The molecule has 0 saturated carbocycles. The third-order valence-electron chi connectivity index (χ3n) is 5.34. The van der Waals surface area contributed by atoms with Crippen LogP contribution < -0.4 is 4.90 Å². The third-order valence-corrected chi connectivity index (χ3v) is 6.34. The minimum atomic E-state index is -0.773. The van der Waals surface area contributed by atoms with Gasteiger partial charge in [-0.15, -0.1) is 11.3 Å². The molecule has 2 amide bonds. The Hall–Kier alpha value is -2.80. The molecule has 5 nitrogen and oxygen atoms in total. The smallest absolute Gasteiger partial charge is 0.265 e. The van der Waals surface area contributed by atoms with Crippen molar-refractivity contribution >= 4 is 28.8 Å². The van der Waals surface area contributed by atoms with E-state index >= 15 is 0 Å². The van der Waals surface area contributed by atoms with Crippen molar-refractivity contribution in [3.8, 4) is 11.1 Å². The fourth-order valence-electron chi connectivity index (χ4n) is 4.03. The summed E-state index contributed by atoms with van der Waals surface area (Å²) in [5, 5.41) is 3.75. The maximum absolute atomic E-state index is 13.2. The molecule has 0 bridgehead atoms. The highest BCUT2D eigenvalue weighted by atomic mass is 32.1. The molecule has 5 rings (SSSR count). The van der Waals surface area contributed by atoms with Crippen molar-refractivity contribution in [2.24, 2.45) is 5.92 Å². The Morgan fingerprint density at radius 3 is 2.29 bits per heavy atom. The van der Waals surface area contributed by atoms with E-state index in [1.165, 1.54) is 4.90 Å². The Labute approximate surface area is 166 Å². The number of nitrogens with zero attached hydrogens (tertiary/aromatic N) is 2. The topological polar surface area (TPSA) is 49.9 Å². The van der Waals surface area contributed by atoms with Crippen LogP contribution >= 0.6 is 11.3 Å². The zero-order valence-electron chi connectivity index (χ0n) is 15.2. The predicted octanol–water partition coefficient (Wildman–Crippen LogP) is 3.89. The summed E-state index contributed by atoms with van der Waals surface area (Å²) in [7, 11) is 1.79. The van der Waals surface area contributed by atoms with Crippen LogP contribution in [0, 0.1) is 5.92 Å². The van der Waals surface area contributed by atoms with E-state index in [1.807, 2.05) is 36.4 Å². The SMILES string of the molecule is CN1O[C@@H]2C(=O)N(c3ccccc3)C(=O)[C@@H]2[C@@H]1c1cc(-c2ccccc2)cs1. The van der Waals surface area contributed by atoms with Crippen LogP contribution in [0.1, 0.15) is 10.9 Å². The van der Waals surface area contributed by atoms with E-state index in [4.69, 9.17) is 4.84 Å². The maximum Gasteiger partial charge on any atom is 0.265 e. The summed E-state index contributed by atoms with van der Waals surface area (Å²) in [5.41, 5.74) is 2.82. The first kappa shape index (κ1) is 17.3. The largest absolute Gasteiger partial charge is 0.284 e. The van der Waals surface area contributed by atoms with Crippen molar-refractivity contribution in [1.29, 1.82) is 0 Å². The van der Waals surface area contributed by atoms with Crippen molar-refractivity contribution in [1.82, 2.24) is 5.06 Å². The molecule has 28 heavy (non-hydrogen) atoms. The second kappa shape index (κ2) is 6.67. The fourth-order valence-corrected chi connectivity index (χ4v) is 5.12. The van der Waals surface area contributed by atoms with Gasteiger partial charge in [-0.25, -0.2) is 4.90 Å². The molecule has 2 aromatic carbocycles. The van der Waals surface area contributed by atoms with Crippen LogP contribution in [-0.2, 0) is 14.4 Å². The van der Waals surface area contributed by atoms with Crippen LogP contribution in [0.2, 0.25) is 0 Å². The average Bonchev–Trinajstić information content (AvgIpc) is 3.39. The number of rotatable bonds is 3. The van der Waals surface area contributed by atoms with E-state index in [2.05, 4.69) is 23.6 Å². The Kier molecular flexibility index (Phi) is 4.12. The third kappa shape index (κ3) is 2.61. The number of carbonyl (C=O) groups is 2. The molecule has 2 aliphatic heterocycles. The zero-order chi connectivity index (χ0) is 19.3. The van der Waals surface area contributed by atoms with Crippen molar-refractivity contribution in [2.45, 2.75) is 12.1 Å². The molecule has 3 atom stereocenters. The van der Waals surface area contributed by atoms with Gasteiger partial charge >= 0.3 is 0 Å². The summed E-state index contributed by atoms with van der Waals surface area (Å²) in [4.78, 5) is 34.2. The molecule has 0 radical (unpaired) electrons. The standard InChI is InChI=1S/C22H18N2O3S/c1-23-19(17-12-15(13-28-17)14-8-4-2-5-9-14)18-20(27-23)22(26)24(21(18)25)16-10-6-3-7-11-16/h2-13,18-20H,1H3/t18-,19+,20+/m1/s1. The molecule has 1 aromatic heterocycles. The lowest BCUT2D eigenvalue weighted by atomic mass is 9.95. The lowest BCUT2D eigenvalue weighted by Gasteiger charge is -2.23.